The second kappa shape index (κ2) is 8.67. The first-order valence-electron chi connectivity index (χ1n) is 13.2. The van der Waals surface area contributed by atoms with Gasteiger partial charge in [-0.1, -0.05) is 79.9 Å². The van der Waals surface area contributed by atoms with E-state index >= 15 is 0 Å². The standard InChI is InChI=1S/C29H33NO6S/c1-28(2)24(25(31)36-23(19-12-6-3-7-13-19)20-14-8-4-9-15-20)30-26(32)29(27(30)37(28,33)34)18-22(29)35-21-16-10-5-11-17-21/h3-4,6-9,12-15,21-24,27H,5,10-11,16-18H2,1-2H3/t22?,24-,27+,29-/m0/s1. The number of benzene rings is 2. The summed E-state index contributed by atoms with van der Waals surface area (Å²) in [6, 6.07) is 17.5. The molecule has 8 heteroatoms. The lowest BCUT2D eigenvalue weighted by atomic mass is 9.88. The molecule has 0 radical (unpaired) electrons. The zero-order valence-corrected chi connectivity index (χ0v) is 22.0. The van der Waals surface area contributed by atoms with E-state index in [1.54, 1.807) is 0 Å². The number of hydrogen-bond donors (Lipinski definition) is 0. The van der Waals surface area contributed by atoms with Crippen LogP contribution >= 0.6 is 0 Å². The van der Waals surface area contributed by atoms with Crippen LogP contribution in [0.25, 0.3) is 0 Å². The quantitative estimate of drug-likeness (QED) is 0.417. The van der Waals surface area contributed by atoms with Gasteiger partial charge >= 0.3 is 5.97 Å². The van der Waals surface area contributed by atoms with Gasteiger partial charge in [0.1, 0.15) is 11.5 Å². The first kappa shape index (κ1) is 24.6. The molecule has 1 spiro atoms. The summed E-state index contributed by atoms with van der Waals surface area (Å²) in [6.07, 6.45) is 4.63. The van der Waals surface area contributed by atoms with Crippen LogP contribution in [0.1, 0.15) is 69.6 Å². The summed E-state index contributed by atoms with van der Waals surface area (Å²) in [5.74, 6) is -1.01. The number of nitrogens with zero attached hydrogens (tertiary/aromatic N) is 1. The molecule has 4 atom stereocenters. The predicted octanol–water partition coefficient (Wildman–Crippen LogP) is 4.17. The molecule has 4 aliphatic rings. The Bertz CT molecular complexity index is 1260. The van der Waals surface area contributed by atoms with Crippen LogP contribution in [0.2, 0.25) is 0 Å². The van der Waals surface area contributed by atoms with Crippen LogP contribution in [0.15, 0.2) is 60.7 Å². The third kappa shape index (κ3) is 3.59. The van der Waals surface area contributed by atoms with Crippen molar-refractivity contribution in [3.63, 3.8) is 0 Å². The average molecular weight is 524 g/mol. The van der Waals surface area contributed by atoms with Crippen LogP contribution in [0, 0.1) is 5.41 Å². The van der Waals surface area contributed by atoms with E-state index in [1.165, 1.54) is 25.2 Å². The molecular formula is C29H33NO6S. The lowest BCUT2D eigenvalue weighted by molar-refractivity contribution is -0.173. The molecule has 4 fully saturated rings. The highest BCUT2D eigenvalue weighted by atomic mass is 32.2. The molecule has 6 rings (SSSR count). The van der Waals surface area contributed by atoms with Gasteiger partial charge in [0, 0.05) is 0 Å². The molecule has 37 heavy (non-hydrogen) atoms. The molecule has 196 valence electrons. The van der Waals surface area contributed by atoms with E-state index in [2.05, 4.69) is 0 Å². The second-order valence-electron chi connectivity index (χ2n) is 11.4. The Kier molecular flexibility index (Phi) is 5.77. The van der Waals surface area contributed by atoms with Gasteiger partial charge in [0.2, 0.25) is 5.91 Å². The summed E-state index contributed by atoms with van der Waals surface area (Å²) in [7, 11) is -3.85. The minimum absolute atomic E-state index is 0.0790. The number of amides is 1. The molecule has 0 bridgehead atoms. The summed E-state index contributed by atoms with van der Waals surface area (Å²) in [5.41, 5.74) is 0.486. The molecule has 1 unspecified atom stereocenters. The second-order valence-corrected chi connectivity index (χ2v) is 14.0. The summed E-state index contributed by atoms with van der Waals surface area (Å²) in [4.78, 5) is 28.6. The largest absolute Gasteiger partial charge is 0.451 e. The predicted molar refractivity (Wildman–Crippen MR) is 137 cm³/mol. The highest BCUT2D eigenvalue weighted by Gasteiger charge is 2.86. The number of esters is 1. The topological polar surface area (TPSA) is 90.0 Å². The molecule has 2 aromatic rings. The number of hydrogen-bond acceptors (Lipinski definition) is 6. The third-order valence-corrected chi connectivity index (χ3v) is 11.7. The fourth-order valence-corrected chi connectivity index (χ4v) is 9.11. The maximum Gasteiger partial charge on any atom is 0.331 e. The van der Waals surface area contributed by atoms with Crippen molar-refractivity contribution < 1.29 is 27.5 Å². The Hall–Kier alpha value is -2.71. The number of fused-ring (bicyclic) bond motifs is 2. The lowest BCUT2D eigenvalue weighted by Gasteiger charge is -2.44. The molecular weight excluding hydrogens is 490 g/mol. The van der Waals surface area contributed by atoms with E-state index in [0.29, 0.717) is 6.42 Å². The maximum absolute atomic E-state index is 13.8. The Morgan fingerprint density at radius 2 is 1.51 bits per heavy atom. The Labute approximate surface area is 218 Å². The molecule has 2 aromatic carbocycles. The van der Waals surface area contributed by atoms with E-state index < -0.39 is 49.6 Å². The number of ether oxygens (including phenoxy) is 2. The highest BCUT2D eigenvalue weighted by molar-refractivity contribution is 7.94. The van der Waals surface area contributed by atoms with E-state index in [9.17, 15) is 18.0 Å². The smallest absolute Gasteiger partial charge is 0.331 e. The number of carbonyl (C=O) groups excluding carboxylic acids is 2. The van der Waals surface area contributed by atoms with Crippen molar-refractivity contribution in [2.45, 2.75) is 86.8 Å². The number of carbonyl (C=O) groups is 2. The molecule has 2 heterocycles. The summed E-state index contributed by atoms with van der Waals surface area (Å²) >= 11 is 0. The van der Waals surface area contributed by atoms with Gasteiger partial charge in [0.25, 0.3) is 0 Å². The number of β-lactam (4-membered cyclic amide) rings is 1. The molecule has 1 amide bonds. The van der Waals surface area contributed by atoms with Gasteiger partial charge in [0.15, 0.2) is 21.3 Å². The van der Waals surface area contributed by atoms with Crippen molar-refractivity contribution in [3.05, 3.63) is 71.8 Å². The molecule has 2 aliphatic heterocycles. The first-order chi connectivity index (χ1) is 17.7. The normalized spacial score (nSPS) is 31.7. The van der Waals surface area contributed by atoms with Gasteiger partial charge in [-0.05, 0) is 44.2 Å². The molecule has 0 N–H and O–H groups in total. The van der Waals surface area contributed by atoms with E-state index in [-0.39, 0.29) is 12.0 Å². The summed E-state index contributed by atoms with van der Waals surface area (Å²) in [6.45, 7) is 3.07. The minimum Gasteiger partial charge on any atom is -0.451 e. The first-order valence-corrected chi connectivity index (χ1v) is 14.8. The van der Waals surface area contributed by atoms with Crippen molar-refractivity contribution in [1.29, 1.82) is 0 Å². The number of rotatable bonds is 6. The van der Waals surface area contributed by atoms with Crippen LogP contribution in [-0.4, -0.2) is 53.6 Å². The van der Waals surface area contributed by atoms with Crippen molar-refractivity contribution in [2.24, 2.45) is 5.41 Å². The molecule has 0 aromatic heterocycles. The zero-order chi connectivity index (χ0) is 26.0. The van der Waals surface area contributed by atoms with Gasteiger partial charge in [-0.2, -0.15) is 0 Å². The maximum atomic E-state index is 13.8. The van der Waals surface area contributed by atoms with Gasteiger partial charge in [-0.3, -0.25) is 4.79 Å². The van der Waals surface area contributed by atoms with Gasteiger partial charge in [0.05, 0.1) is 17.0 Å². The van der Waals surface area contributed by atoms with Crippen LogP contribution in [0.3, 0.4) is 0 Å². The monoisotopic (exact) mass is 523 g/mol. The number of sulfone groups is 1. The molecule has 2 aliphatic carbocycles. The summed E-state index contributed by atoms with van der Waals surface area (Å²) < 4.78 is 38.4. The van der Waals surface area contributed by atoms with Crippen molar-refractivity contribution in [1.82, 2.24) is 4.90 Å². The van der Waals surface area contributed by atoms with E-state index in [0.717, 1.165) is 36.8 Å². The third-order valence-electron chi connectivity index (χ3n) is 8.80. The van der Waals surface area contributed by atoms with Gasteiger partial charge in [-0.15, -0.1) is 0 Å². The van der Waals surface area contributed by atoms with Gasteiger partial charge in [-0.25, -0.2) is 13.2 Å². The van der Waals surface area contributed by atoms with Crippen LogP contribution in [0.5, 0.6) is 0 Å². The Morgan fingerprint density at radius 3 is 2.08 bits per heavy atom. The van der Waals surface area contributed by atoms with Crippen molar-refractivity contribution >= 4 is 21.7 Å². The van der Waals surface area contributed by atoms with Gasteiger partial charge < -0.3 is 14.4 Å². The molecule has 2 saturated heterocycles. The molecule has 2 saturated carbocycles. The molecule has 7 nitrogen and oxygen atoms in total. The zero-order valence-electron chi connectivity index (χ0n) is 21.2. The fraction of sp³-hybridized carbons (Fsp3) is 0.517. The average Bonchev–Trinajstić information content (AvgIpc) is 3.60. The minimum atomic E-state index is -3.85. The lowest BCUT2D eigenvalue weighted by Crippen LogP contribution is -2.66. The summed E-state index contributed by atoms with van der Waals surface area (Å²) in [5, 5.41) is -1.04. The van der Waals surface area contributed by atoms with Crippen molar-refractivity contribution in [3.8, 4) is 0 Å². The Morgan fingerprint density at radius 1 is 0.946 bits per heavy atom. The van der Waals surface area contributed by atoms with Crippen LogP contribution in [-0.2, 0) is 28.9 Å². The van der Waals surface area contributed by atoms with E-state index in [4.69, 9.17) is 9.47 Å². The van der Waals surface area contributed by atoms with Crippen molar-refractivity contribution in [2.75, 3.05) is 0 Å². The highest BCUT2D eigenvalue weighted by Crippen LogP contribution is 2.67. The van der Waals surface area contributed by atoms with E-state index in [1.807, 2.05) is 60.7 Å². The Balaban J connectivity index is 1.28. The van der Waals surface area contributed by atoms with Crippen LogP contribution in [0.4, 0.5) is 0 Å². The SMILES string of the molecule is CC1(C)[C@H](C(=O)OC(c2ccccc2)c2ccccc2)N2C(=O)[C@@]3(CC3OC3CCCCC3)[C@H]2S1(=O)=O. The fourth-order valence-electron chi connectivity index (χ4n) is 6.59. The van der Waals surface area contributed by atoms with Crippen LogP contribution < -0.4 is 0 Å².